The molecule has 26 heavy (non-hydrogen) atoms. The van der Waals surface area contributed by atoms with Crippen molar-refractivity contribution in [3.63, 3.8) is 0 Å². The van der Waals surface area contributed by atoms with Crippen molar-refractivity contribution in [2.24, 2.45) is 0 Å². The van der Waals surface area contributed by atoms with Crippen molar-refractivity contribution >= 4 is 15.9 Å². The first kappa shape index (κ1) is 18.6. The maximum Gasteiger partial charge on any atom is 0.244 e. The van der Waals surface area contributed by atoms with Crippen LogP contribution in [0.1, 0.15) is 11.6 Å². The van der Waals surface area contributed by atoms with Crippen LogP contribution in [-0.2, 0) is 14.8 Å². The van der Waals surface area contributed by atoms with Gasteiger partial charge < -0.3 is 4.90 Å². The lowest BCUT2D eigenvalue weighted by atomic mass is 9.99. The minimum Gasteiger partial charge on any atom is -0.342 e. The van der Waals surface area contributed by atoms with Gasteiger partial charge in [-0.1, -0.05) is 48.5 Å². The van der Waals surface area contributed by atoms with E-state index in [9.17, 15) is 13.2 Å². The van der Waals surface area contributed by atoms with E-state index in [1.54, 1.807) is 42.3 Å². The van der Waals surface area contributed by atoms with Crippen LogP contribution in [-0.4, -0.2) is 57.4 Å². The Morgan fingerprint density at radius 2 is 1.58 bits per heavy atom. The molecular formula is C19H23N3O3S. The summed E-state index contributed by atoms with van der Waals surface area (Å²) in [5.41, 5.74) is 0.905. The first-order chi connectivity index (χ1) is 12.4. The van der Waals surface area contributed by atoms with Gasteiger partial charge in [0.1, 0.15) is 6.04 Å². The summed E-state index contributed by atoms with van der Waals surface area (Å²) in [5, 5.41) is 0. The van der Waals surface area contributed by atoms with Crippen LogP contribution in [0.2, 0.25) is 0 Å². The van der Waals surface area contributed by atoms with Crippen molar-refractivity contribution in [1.29, 1.82) is 0 Å². The molecule has 0 spiro atoms. The summed E-state index contributed by atoms with van der Waals surface area (Å²) in [7, 11) is 0.0427. The van der Waals surface area contributed by atoms with Crippen LogP contribution in [0.25, 0.3) is 0 Å². The third-order valence-electron chi connectivity index (χ3n) is 4.76. The number of piperazine rings is 1. The average molecular weight is 373 g/mol. The lowest BCUT2D eigenvalue weighted by Crippen LogP contribution is -2.58. The van der Waals surface area contributed by atoms with Gasteiger partial charge >= 0.3 is 0 Å². The Kier molecular flexibility index (Phi) is 5.41. The van der Waals surface area contributed by atoms with Gasteiger partial charge in [-0.05, 0) is 24.7 Å². The SMILES string of the molecule is CN1C[C@@H](CNS(=O)(=O)c2ccccc2)N(C)[C@@H](c2ccccc2)C1=O. The molecule has 138 valence electrons. The van der Waals surface area contributed by atoms with Gasteiger partial charge in [-0.3, -0.25) is 9.69 Å². The number of rotatable bonds is 5. The maximum atomic E-state index is 12.6. The molecule has 0 saturated carbocycles. The van der Waals surface area contributed by atoms with Crippen LogP contribution >= 0.6 is 0 Å². The summed E-state index contributed by atoms with van der Waals surface area (Å²) in [4.78, 5) is 16.5. The second-order valence-electron chi connectivity index (χ2n) is 6.52. The molecule has 2 aromatic carbocycles. The number of nitrogens with zero attached hydrogens (tertiary/aromatic N) is 2. The number of likely N-dealkylation sites (N-methyl/N-ethyl adjacent to an activating group) is 2. The molecule has 1 saturated heterocycles. The number of benzene rings is 2. The zero-order chi connectivity index (χ0) is 18.7. The molecule has 0 aliphatic carbocycles. The highest BCUT2D eigenvalue weighted by atomic mass is 32.2. The second kappa shape index (κ2) is 7.57. The third-order valence-corrected chi connectivity index (χ3v) is 6.20. The van der Waals surface area contributed by atoms with E-state index in [4.69, 9.17) is 0 Å². The highest BCUT2D eigenvalue weighted by molar-refractivity contribution is 7.89. The number of sulfonamides is 1. The Hall–Kier alpha value is -2.22. The molecule has 1 N–H and O–H groups in total. The zero-order valence-corrected chi connectivity index (χ0v) is 15.7. The number of hydrogen-bond acceptors (Lipinski definition) is 4. The highest BCUT2D eigenvalue weighted by Gasteiger charge is 2.38. The molecular weight excluding hydrogens is 350 g/mol. The number of nitrogens with one attached hydrogen (secondary N) is 1. The Labute approximate surface area is 154 Å². The normalized spacial score (nSPS) is 21.8. The molecule has 1 fully saturated rings. The van der Waals surface area contributed by atoms with E-state index in [-0.39, 0.29) is 23.4 Å². The van der Waals surface area contributed by atoms with Crippen molar-refractivity contribution < 1.29 is 13.2 Å². The summed E-state index contributed by atoms with van der Waals surface area (Å²) in [5.74, 6) is 0.0147. The molecule has 0 bridgehead atoms. The topological polar surface area (TPSA) is 69.7 Å². The van der Waals surface area contributed by atoms with E-state index >= 15 is 0 Å². The molecule has 1 amide bonds. The molecule has 6 nitrogen and oxygen atoms in total. The summed E-state index contributed by atoms with van der Waals surface area (Å²) in [6.07, 6.45) is 0. The van der Waals surface area contributed by atoms with E-state index < -0.39 is 16.1 Å². The van der Waals surface area contributed by atoms with Gasteiger partial charge in [0.15, 0.2) is 0 Å². The van der Waals surface area contributed by atoms with Crippen LogP contribution < -0.4 is 4.72 Å². The summed E-state index contributed by atoms with van der Waals surface area (Å²) in [6.45, 7) is 0.699. The minimum absolute atomic E-state index is 0.0147. The van der Waals surface area contributed by atoms with E-state index in [0.717, 1.165) is 5.56 Å². The predicted molar refractivity (Wildman–Crippen MR) is 100 cm³/mol. The van der Waals surface area contributed by atoms with E-state index in [2.05, 4.69) is 4.72 Å². The fourth-order valence-electron chi connectivity index (χ4n) is 3.24. The van der Waals surface area contributed by atoms with Gasteiger partial charge in [0, 0.05) is 26.2 Å². The highest BCUT2D eigenvalue weighted by Crippen LogP contribution is 2.27. The number of amides is 1. The molecule has 7 heteroatoms. The molecule has 1 aliphatic rings. The molecule has 1 aliphatic heterocycles. The Morgan fingerprint density at radius 3 is 2.19 bits per heavy atom. The van der Waals surface area contributed by atoms with E-state index in [0.29, 0.717) is 6.54 Å². The van der Waals surface area contributed by atoms with Gasteiger partial charge in [-0.15, -0.1) is 0 Å². The van der Waals surface area contributed by atoms with Crippen molar-refractivity contribution in [2.75, 3.05) is 27.2 Å². The van der Waals surface area contributed by atoms with Crippen LogP contribution in [0.15, 0.2) is 65.6 Å². The quantitative estimate of drug-likeness (QED) is 0.862. The smallest absolute Gasteiger partial charge is 0.244 e. The largest absolute Gasteiger partial charge is 0.342 e. The molecule has 2 aromatic rings. The molecule has 0 unspecified atom stereocenters. The number of carbonyl (C=O) groups is 1. The monoisotopic (exact) mass is 373 g/mol. The Balaban J connectivity index is 1.77. The molecule has 0 aromatic heterocycles. The van der Waals surface area contributed by atoms with Crippen LogP contribution in [0, 0.1) is 0 Å². The van der Waals surface area contributed by atoms with Crippen molar-refractivity contribution in [3.05, 3.63) is 66.2 Å². The van der Waals surface area contributed by atoms with E-state index in [1.807, 2.05) is 42.3 Å². The average Bonchev–Trinajstić information content (AvgIpc) is 2.65. The maximum absolute atomic E-state index is 12.6. The van der Waals surface area contributed by atoms with Gasteiger partial charge in [-0.2, -0.15) is 0 Å². The van der Waals surface area contributed by atoms with Gasteiger partial charge in [0.2, 0.25) is 15.9 Å². The van der Waals surface area contributed by atoms with Crippen LogP contribution in [0.4, 0.5) is 0 Å². The lowest BCUT2D eigenvalue weighted by molar-refractivity contribution is -0.142. The fraction of sp³-hybridized carbons (Fsp3) is 0.316. The van der Waals surface area contributed by atoms with Crippen molar-refractivity contribution in [2.45, 2.75) is 17.0 Å². The third kappa shape index (κ3) is 3.80. The first-order valence-corrected chi connectivity index (χ1v) is 9.95. The van der Waals surface area contributed by atoms with E-state index in [1.165, 1.54) is 0 Å². The second-order valence-corrected chi connectivity index (χ2v) is 8.28. The zero-order valence-electron chi connectivity index (χ0n) is 14.9. The molecule has 1 heterocycles. The summed E-state index contributed by atoms with van der Waals surface area (Å²) >= 11 is 0. The van der Waals surface area contributed by atoms with Gasteiger partial charge in [0.25, 0.3) is 0 Å². The van der Waals surface area contributed by atoms with Crippen LogP contribution in [0.3, 0.4) is 0 Å². The molecule has 2 atom stereocenters. The fourth-order valence-corrected chi connectivity index (χ4v) is 4.33. The van der Waals surface area contributed by atoms with Crippen LogP contribution in [0.5, 0.6) is 0 Å². The number of hydrogen-bond donors (Lipinski definition) is 1. The predicted octanol–water partition coefficient (Wildman–Crippen LogP) is 1.48. The minimum atomic E-state index is -3.58. The van der Waals surface area contributed by atoms with Gasteiger partial charge in [-0.25, -0.2) is 13.1 Å². The number of carbonyl (C=O) groups excluding carboxylic acids is 1. The Bertz CT molecular complexity index is 856. The first-order valence-electron chi connectivity index (χ1n) is 8.47. The standard InChI is InChI=1S/C19H23N3O3S/c1-21-14-16(13-20-26(24,25)17-11-7-4-8-12-17)22(2)18(19(21)23)15-9-5-3-6-10-15/h3-12,16,18,20H,13-14H2,1-2H3/t16-,18+/m1/s1. The summed E-state index contributed by atoms with van der Waals surface area (Å²) < 4.78 is 27.6. The molecule has 0 radical (unpaired) electrons. The summed E-state index contributed by atoms with van der Waals surface area (Å²) in [6, 6.07) is 17.3. The van der Waals surface area contributed by atoms with Crippen molar-refractivity contribution in [1.82, 2.24) is 14.5 Å². The Morgan fingerprint density at radius 1 is 1.00 bits per heavy atom. The van der Waals surface area contributed by atoms with Crippen molar-refractivity contribution in [3.8, 4) is 0 Å². The van der Waals surface area contributed by atoms with Gasteiger partial charge in [0.05, 0.1) is 4.90 Å². The lowest BCUT2D eigenvalue weighted by Gasteiger charge is -2.43. The molecule has 3 rings (SSSR count).